The largest absolute Gasteiger partial charge is 0.497 e. The number of benzene rings is 1. The molecule has 15 heavy (non-hydrogen) atoms. The Morgan fingerprint density at radius 2 is 2.13 bits per heavy atom. The van der Waals surface area contributed by atoms with Crippen molar-refractivity contribution in [2.45, 2.75) is 19.9 Å². The third-order valence-electron chi connectivity index (χ3n) is 2.40. The van der Waals surface area contributed by atoms with Crippen LogP contribution in [-0.4, -0.2) is 25.6 Å². The number of nitrogens with zero attached hydrogens (tertiary/aromatic N) is 1. The van der Waals surface area contributed by atoms with Crippen molar-refractivity contribution in [3.8, 4) is 5.75 Å². The molecule has 3 heteroatoms. The molecule has 0 aliphatic carbocycles. The van der Waals surface area contributed by atoms with E-state index in [0.29, 0.717) is 0 Å². The molecule has 0 aromatic heterocycles. The zero-order valence-electron chi connectivity index (χ0n) is 9.79. The number of rotatable bonds is 5. The first kappa shape index (κ1) is 11.9. The summed E-state index contributed by atoms with van der Waals surface area (Å²) in [5.41, 5.74) is 7.87. The first-order valence-electron chi connectivity index (χ1n) is 5.28. The molecule has 0 aliphatic rings. The molecule has 0 atom stereocenters. The summed E-state index contributed by atoms with van der Waals surface area (Å²) in [6.07, 6.45) is 1.15. The van der Waals surface area contributed by atoms with E-state index in [-0.39, 0.29) is 0 Å². The van der Waals surface area contributed by atoms with Crippen molar-refractivity contribution in [1.82, 2.24) is 4.90 Å². The zero-order valence-corrected chi connectivity index (χ0v) is 9.79. The fourth-order valence-corrected chi connectivity index (χ4v) is 1.60. The van der Waals surface area contributed by atoms with Crippen molar-refractivity contribution in [3.63, 3.8) is 0 Å². The number of ether oxygens (including phenoxy) is 1. The van der Waals surface area contributed by atoms with Crippen LogP contribution in [0.1, 0.15) is 18.9 Å². The summed E-state index contributed by atoms with van der Waals surface area (Å²) in [7, 11) is 3.77. The Morgan fingerprint density at radius 1 is 1.40 bits per heavy atom. The van der Waals surface area contributed by atoms with E-state index in [1.165, 1.54) is 0 Å². The predicted molar refractivity (Wildman–Crippen MR) is 64.0 cm³/mol. The maximum atomic E-state index is 5.91. The fourth-order valence-electron chi connectivity index (χ4n) is 1.60. The fraction of sp³-hybridized carbons (Fsp3) is 0.500. The summed E-state index contributed by atoms with van der Waals surface area (Å²) in [6, 6.07) is 5.79. The summed E-state index contributed by atoms with van der Waals surface area (Å²) in [5.74, 6) is 0.865. The van der Waals surface area contributed by atoms with Crippen LogP contribution in [0.25, 0.3) is 0 Å². The van der Waals surface area contributed by atoms with Crippen LogP contribution < -0.4 is 10.5 Å². The van der Waals surface area contributed by atoms with Crippen LogP contribution in [0.15, 0.2) is 18.2 Å². The molecule has 1 aromatic carbocycles. The predicted octanol–water partition coefficient (Wildman–Crippen LogP) is 2.12. The highest BCUT2D eigenvalue weighted by molar-refractivity contribution is 5.50. The Balaban J connectivity index is 2.74. The normalized spacial score (nSPS) is 10.7. The van der Waals surface area contributed by atoms with Gasteiger partial charge in [-0.15, -0.1) is 0 Å². The van der Waals surface area contributed by atoms with Gasteiger partial charge >= 0.3 is 0 Å². The van der Waals surface area contributed by atoms with Crippen LogP contribution in [0, 0.1) is 0 Å². The zero-order chi connectivity index (χ0) is 11.3. The Hall–Kier alpha value is -1.22. The van der Waals surface area contributed by atoms with E-state index in [2.05, 4.69) is 18.9 Å². The maximum Gasteiger partial charge on any atom is 0.119 e. The molecule has 0 spiro atoms. The molecule has 0 aliphatic heterocycles. The standard InChI is InChI=1S/C12H20N2O/c1-4-7-14(2)9-10-8-11(15-3)5-6-12(10)13/h5-6,8H,4,7,9,13H2,1-3H3. The van der Waals surface area contributed by atoms with Crippen LogP contribution in [0.4, 0.5) is 5.69 Å². The van der Waals surface area contributed by atoms with E-state index >= 15 is 0 Å². The maximum absolute atomic E-state index is 5.91. The van der Waals surface area contributed by atoms with Crippen molar-refractivity contribution in [3.05, 3.63) is 23.8 Å². The lowest BCUT2D eigenvalue weighted by atomic mass is 10.1. The van der Waals surface area contributed by atoms with Crippen LogP contribution in [0.5, 0.6) is 5.75 Å². The highest BCUT2D eigenvalue weighted by Gasteiger charge is 2.04. The van der Waals surface area contributed by atoms with Crippen molar-refractivity contribution >= 4 is 5.69 Å². The second-order valence-corrected chi connectivity index (χ2v) is 3.80. The van der Waals surface area contributed by atoms with Crippen LogP contribution in [0.3, 0.4) is 0 Å². The molecular weight excluding hydrogens is 188 g/mol. The van der Waals surface area contributed by atoms with Gasteiger partial charge in [0, 0.05) is 12.2 Å². The first-order valence-corrected chi connectivity index (χ1v) is 5.28. The molecule has 1 rings (SSSR count). The minimum absolute atomic E-state index is 0.832. The molecule has 2 N–H and O–H groups in total. The monoisotopic (exact) mass is 208 g/mol. The third-order valence-corrected chi connectivity index (χ3v) is 2.40. The molecule has 0 heterocycles. The van der Waals surface area contributed by atoms with Gasteiger partial charge in [-0.25, -0.2) is 0 Å². The first-order chi connectivity index (χ1) is 7.17. The Labute approximate surface area is 91.8 Å². The smallest absolute Gasteiger partial charge is 0.119 e. The summed E-state index contributed by atoms with van der Waals surface area (Å²) < 4.78 is 5.18. The van der Waals surface area contributed by atoms with E-state index in [0.717, 1.165) is 36.5 Å². The van der Waals surface area contributed by atoms with E-state index in [4.69, 9.17) is 10.5 Å². The quantitative estimate of drug-likeness (QED) is 0.753. The van der Waals surface area contributed by atoms with E-state index in [1.807, 2.05) is 18.2 Å². The van der Waals surface area contributed by atoms with Gasteiger partial charge in [0.15, 0.2) is 0 Å². The van der Waals surface area contributed by atoms with Crippen molar-refractivity contribution < 1.29 is 4.74 Å². The lowest BCUT2D eigenvalue weighted by Gasteiger charge is -2.17. The number of hydrogen-bond donors (Lipinski definition) is 1. The van der Waals surface area contributed by atoms with Crippen LogP contribution in [-0.2, 0) is 6.54 Å². The minimum atomic E-state index is 0.832. The highest BCUT2D eigenvalue weighted by atomic mass is 16.5. The van der Waals surface area contributed by atoms with Crippen molar-refractivity contribution in [1.29, 1.82) is 0 Å². The van der Waals surface area contributed by atoms with Crippen molar-refractivity contribution in [2.75, 3.05) is 26.4 Å². The molecule has 0 radical (unpaired) electrons. The number of hydrogen-bond acceptors (Lipinski definition) is 3. The van der Waals surface area contributed by atoms with Gasteiger partial charge in [-0.3, -0.25) is 0 Å². The summed E-state index contributed by atoms with van der Waals surface area (Å²) in [4.78, 5) is 2.26. The lowest BCUT2D eigenvalue weighted by Crippen LogP contribution is -2.19. The Kier molecular flexibility index (Phi) is 4.43. The minimum Gasteiger partial charge on any atom is -0.497 e. The molecule has 3 nitrogen and oxygen atoms in total. The Morgan fingerprint density at radius 3 is 2.73 bits per heavy atom. The molecule has 0 saturated carbocycles. The van der Waals surface area contributed by atoms with Gasteiger partial charge in [0.25, 0.3) is 0 Å². The lowest BCUT2D eigenvalue weighted by molar-refractivity contribution is 0.327. The number of methoxy groups -OCH3 is 1. The van der Waals surface area contributed by atoms with Gasteiger partial charge < -0.3 is 15.4 Å². The Bertz CT molecular complexity index is 312. The van der Waals surface area contributed by atoms with E-state index in [1.54, 1.807) is 7.11 Å². The van der Waals surface area contributed by atoms with Gasteiger partial charge in [0.1, 0.15) is 5.75 Å². The van der Waals surface area contributed by atoms with Gasteiger partial charge in [0.2, 0.25) is 0 Å². The van der Waals surface area contributed by atoms with Gasteiger partial charge in [0.05, 0.1) is 7.11 Å². The highest BCUT2D eigenvalue weighted by Crippen LogP contribution is 2.20. The second-order valence-electron chi connectivity index (χ2n) is 3.80. The topological polar surface area (TPSA) is 38.5 Å². The third kappa shape index (κ3) is 3.44. The summed E-state index contributed by atoms with van der Waals surface area (Å²) in [6.45, 7) is 4.12. The molecule has 84 valence electrons. The average molecular weight is 208 g/mol. The molecule has 0 bridgehead atoms. The number of nitrogen functional groups attached to an aromatic ring is 1. The molecule has 1 aromatic rings. The van der Waals surface area contributed by atoms with Crippen LogP contribution in [0.2, 0.25) is 0 Å². The summed E-state index contributed by atoms with van der Waals surface area (Å²) in [5, 5.41) is 0. The SMILES string of the molecule is CCCN(C)Cc1cc(OC)ccc1N. The molecule has 0 unspecified atom stereocenters. The van der Waals surface area contributed by atoms with Gasteiger partial charge in [-0.2, -0.15) is 0 Å². The molecule has 0 fully saturated rings. The van der Waals surface area contributed by atoms with E-state index < -0.39 is 0 Å². The average Bonchev–Trinajstić information content (AvgIpc) is 2.21. The molecule has 0 amide bonds. The molecular formula is C12H20N2O. The summed E-state index contributed by atoms with van der Waals surface area (Å²) >= 11 is 0. The van der Waals surface area contributed by atoms with Gasteiger partial charge in [-0.1, -0.05) is 6.92 Å². The number of nitrogens with two attached hydrogens (primary N) is 1. The van der Waals surface area contributed by atoms with Gasteiger partial charge in [-0.05, 0) is 43.8 Å². The van der Waals surface area contributed by atoms with Crippen molar-refractivity contribution in [2.24, 2.45) is 0 Å². The van der Waals surface area contributed by atoms with Crippen LogP contribution >= 0.6 is 0 Å². The second kappa shape index (κ2) is 5.61. The molecule has 0 saturated heterocycles. The number of anilines is 1. The van der Waals surface area contributed by atoms with E-state index in [9.17, 15) is 0 Å².